The number of likely N-dealkylation sites (N-methyl/N-ethyl adjacent to an activating group) is 1. The largest absolute Gasteiger partial charge is 0.492 e. The van der Waals surface area contributed by atoms with Crippen LogP contribution in [0.4, 0.5) is 0 Å². The number of quaternary nitrogens is 1. The number of carbonyl (C=O) groups excluding carboxylic acids is 1. The van der Waals surface area contributed by atoms with Gasteiger partial charge in [-0.2, -0.15) is 0 Å². The number of phosphoric ester groups is 1. The summed E-state index contributed by atoms with van der Waals surface area (Å²) < 4.78 is 34.7. The Hall–Kier alpha value is -1.18. The zero-order valence-electron chi connectivity index (χ0n) is 34.1. The molecule has 51 heavy (non-hydrogen) atoms. The Morgan fingerprint density at radius 3 is 1.51 bits per heavy atom. The van der Waals surface area contributed by atoms with E-state index in [1.165, 1.54) is 122 Å². The van der Waals surface area contributed by atoms with Crippen molar-refractivity contribution in [1.82, 2.24) is 0 Å². The van der Waals surface area contributed by atoms with Gasteiger partial charge in [0.25, 0.3) is 0 Å². The van der Waals surface area contributed by atoms with Crippen molar-refractivity contribution in [2.45, 2.75) is 193 Å². The number of allylic oxidation sites excluding steroid dienone is 3. The van der Waals surface area contributed by atoms with E-state index in [-0.39, 0.29) is 25.8 Å². The fourth-order valence-electron chi connectivity index (χ4n) is 5.71. The number of esters is 1. The molecule has 0 heterocycles. The van der Waals surface area contributed by atoms with Crippen LogP contribution in [0.5, 0.6) is 0 Å². The highest BCUT2D eigenvalue weighted by atomic mass is 31.2. The first kappa shape index (κ1) is 49.8. The minimum Gasteiger partial charge on any atom is -0.492 e. The summed E-state index contributed by atoms with van der Waals surface area (Å²) in [6, 6.07) is 0. The maximum atomic E-state index is 12.4. The fraction of sp³-hybridized carbons (Fsp3) is 0.881. The van der Waals surface area contributed by atoms with Gasteiger partial charge >= 0.3 is 13.8 Å². The zero-order chi connectivity index (χ0) is 37.7. The summed E-state index contributed by atoms with van der Waals surface area (Å²) in [7, 11) is 1.67. The lowest BCUT2D eigenvalue weighted by Gasteiger charge is -2.24. The second kappa shape index (κ2) is 35.8. The Bertz CT molecular complexity index is 874. The van der Waals surface area contributed by atoms with Gasteiger partial charge in [-0.15, -0.1) is 0 Å². The highest BCUT2D eigenvalue weighted by Gasteiger charge is 2.25. The van der Waals surface area contributed by atoms with E-state index in [0.29, 0.717) is 17.4 Å². The Kier molecular flexibility index (Phi) is 35.0. The number of ether oxygens (including phenoxy) is 2. The van der Waals surface area contributed by atoms with Gasteiger partial charge in [-0.3, -0.25) is 13.8 Å². The van der Waals surface area contributed by atoms with Crippen LogP contribution in [0.25, 0.3) is 0 Å². The van der Waals surface area contributed by atoms with Gasteiger partial charge in [0, 0.05) is 6.42 Å². The van der Waals surface area contributed by atoms with E-state index in [4.69, 9.17) is 18.5 Å². The molecule has 0 fully saturated rings. The van der Waals surface area contributed by atoms with E-state index >= 15 is 0 Å². The molecule has 0 amide bonds. The monoisotopic (exact) mass is 745 g/mol. The molecule has 0 radical (unpaired) electrons. The Balaban J connectivity index is 4.32. The Morgan fingerprint density at radius 1 is 0.608 bits per heavy atom. The maximum Gasteiger partial charge on any atom is 0.472 e. The molecule has 0 rings (SSSR count). The van der Waals surface area contributed by atoms with E-state index in [2.05, 4.69) is 26.0 Å². The van der Waals surface area contributed by atoms with E-state index in [9.17, 15) is 14.3 Å². The Morgan fingerprint density at radius 2 is 1.04 bits per heavy atom. The van der Waals surface area contributed by atoms with E-state index in [1.807, 2.05) is 27.2 Å². The van der Waals surface area contributed by atoms with Crippen LogP contribution in [0.2, 0.25) is 0 Å². The maximum absolute atomic E-state index is 12.4. The van der Waals surface area contributed by atoms with E-state index in [1.54, 1.807) is 6.26 Å². The molecule has 9 heteroatoms. The highest BCUT2D eigenvalue weighted by Crippen LogP contribution is 2.43. The summed E-state index contributed by atoms with van der Waals surface area (Å²) in [5.74, 6) is -0.278. The number of carbonyl (C=O) groups is 1. The van der Waals surface area contributed by atoms with Gasteiger partial charge in [0.1, 0.15) is 19.8 Å². The zero-order valence-corrected chi connectivity index (χ0v) is 35.0. The smallest absolute Gasteiger partial charge is 0.472 e. The fourth-order valence-corrected chi connectivity index (χ4v) is 6.45. The molecule has 0 aliphatic rings. The van der Waals surface area contributed by atoms with Gasteiger partial charge in [-0.05, 0) is 51.0 Å². The van der Waals surface area contributed by atoms with Crippen LogP contribution in [0, 0.1) is 0 Å². The third-order valence-corrected chi connectivity index (χ3v) is 10.1. The van der Waals surface area contributed by atoms with Gasteiger partial charge in [0.2, 0.25) is 0 Å². The van der Waals surface area contributed by atoms with Crippen LogP contribution >= 0.6 is 7.82 Å². The molecule has 0 aromatic heterocycles. The van der Waals surface area contributed by atoms with Crippen LogP contribution in [-0.4, -0.2) is 69.0 Å². The van der Waals surface area contributed by atoms with Gasteiger partial charge in [-0.25, -0.2) is 4.57 Å². The van der Waals surface area contributed by atoms with Gasteiger partial charge in [0.05, 0.1) is 34.0 Å². The molecule has 302 valence electrons. The number of phosphoric acid groups is 1. The number of hydrogen-bond donors (Lipinski definition) is 1. The minimum atomic E-state index is -4.26. The van der Waals surface area contributed by atoms with Crippen LogP contribution in [0.1, 0.15) is 187 Å². The summed E-state index contributed by atoms with van der Waals surface area (Å²) >= 11 is 0. The first-order chi connectivity index (χ1) is 24.6. The lowest BCUT2D eigenvalue weighted by atomic mass is 10.0. The average Bonchev–Trinajstić information content (AvgIpc) is 3.08. The normalized spacial score (nSPS) is 14.0. The topological polar surface area (TPSA) is 91.3 Å². The molecule has 0 saturated carbocycles. The molecule has 2 atom stereocenters. The number of nitrogens with zero attached hydrogens (tertiary/aromatic N) is 1. The molecule has 0 aromatic carbocycles. The third kappa shape index (κ3) is 39.9. The first-order valence-corrected chi connectivity index (χ1v) is 22.6. The number of unbranched alkanes of at least 4 members (excludes halogenated alkanes) is 23. The van der Waals surface area contributed by atoms with Crippen molar-refractivity contribution in [2.75, 3.05) is 47.5 Å². The van der Waals surface area contributed by atoms with Crippen molar-refractivity contribution in [3.8, 4) is 0 Å². The van der Waals surface area contributed by atoms with Crippen molar-refractivity contribution < 1.29 is 37.3 Å². The van der Waals surface area contributed by atoms with Crippen LogP contribution in [0.3, 0.4) is 0 Å². The molecule has 1 N–H and O–H groups in total. The van der Waals surface area contributed by atoms with Crippen LogP contribution < -0.4 is 0 Å². The lowest BCUT2D eigenvalue weighted by Crippen LogP contribution is -2.37. The molecule has 0 aromatic rings. The van der Waals surface area contributed by atoms with Gasteiger partial charge < -0.3 is 18.9 Å². The summed E-state index contributed by atoms with van der Waals surface area (Å²) in [5, 5.41) is 0. The summed E-state index contributed by atoms with van der Waals surface area (Å²) in [6.07, 6.45) is 40.2. The quantitative estimate of drug-likeness (QED) is 0.0167. The number of hydrogen-bond acceptors (Lipinski definition) is 6. The second-order valence-electron chi connectivity index (χ2n) is 15.4. The highest BCUT2D eigenvalue weighted by molar-refractivity contribution is 7.47. The van der Waals surface area contributed by atoms with Crippen molar-refractivity contribution >= 4 is 13.8 Å². The van der Waals surface area contributed by atoms with Crippen LogP contribution in [0.15, 0.2) is 24.5 Å². The van der Waals surface area contributed by atoms with E-state index < -0.39 is 13.9 Å². The molecular weight excluding hydrogens is 661 g/mol. The predicted molar refractivity (Wildman–Crippen MR) is 215 cm³/mol. The molecule has 0 bridgehead atoms. The predicted octanol–water partition coefficient (Wildman–Crippen LogP) is 12.4. The minimum absolute atomic E-state index is 0.0487. The molecule has 0 aliphatic carbocycles. The molecule has 8 nitrogen and oxygen atoms in total. The number of rotatable bonds is 39. The van der Waals surface area contributed by atoms with Crippen molar-refractivity contribution in [3.05, 3.63) is 24.5 Å². The molecule has 0 aliphatic heterocycles. The van der Waals surface area contributed by atoms with Crippen LogP contribution in [-0.2, 0) is 27.9 Å². The lowest BCUT2D eigenvalue weighted by molar-refractivity contribution is -0.870. The van der Waals surface area contributed by atoms with Gasteiger partial charge in [0.15, 0.2) is 6.10 Å². The van der Waals surface area contributed by atoms with Crippen molar-refractivity contribution in [2.24, 2.45) is 0 Å². The summed E-state index contributed by atoms with van der Waals surface area (Å²) in [4.78, 5) is 22.6. The molecule has 0 spiro atoms. The molecule has 0 saturated heterocycles. The summed E-state index contributed by atoms with van der Waals surface area (Å²) in [5.41, 5.74) is 0. The second-order valence-corrected chi connectivity index (χ2v) is 16.9. The van der Waals surface area contributed by atoms with Crippen molar-refractivity contribution in [1.29, 1.82) is 0 Å². The van der Waals surface area contributed by atoms with Gasteiger partial charge in [-0.1, -0.05) is 148 Å². The standard InChI is InChI=1S/C42H82NO7P/c1-6-8-10-12-14-16-18-20-21-22-24-26-28-30-32-34-37-47-41(40-50-51(45,46)49-38-36-43(3,4)5)39-48-42(44)35-33-31-29-27-25-23-19-17-15-13-11-9-7-2/h20-21,34,37,41H,6-19,22-33,35-36,38-40H2,1-5H3/p+1/b21-20-,37-34-. The SMILES string of the molecule is CCCCCCCC/C=C\CCCCCC/C=C\OC(COC(=O)CCCCCCCCCCCCCCC)COP(=O)(O)OCC[N+](C)(C)C. The summed E-state index contributed by atoms with van der Waals surface area (Å²) in [6.45, 7) is 4.90. The average molecular weight is 745 g/mol. The molecular formula is C42H83NO7P+. The van der Waals surface area contributed by atoms with Crippen molar-refractivity contribution in [3.63, 3.8) is 0 Å². The Labute approximate surface area is 315 Å². The van der Waals surface area contributed by atoms with E-state index in [0.717, 1.165) is 44.9 Å². The first-order valence-electron chi connectivity index (χ1n) is 21.1. The third-order valence-electron chi connectivity index (χ3n) is 9.10. The molecule has 2 unspecified atom stereocenters.